The van der Waals surface area contributed by atoms with Gasteiger partial charge < -0.3 is 10.1 Å². The van der Waals surface area contributed by atoms with Gasteiger partial charge in [0.15, 0.2) is 0 Å². The summed E-state index contributed by atoms with van der Waals surface area (Å²) in [6.45, 7) is 2.90. The molecule has 7 nitrogen and oxygen atoms in total. The minimum atomic E-state index is -0.216. The van der Waals surface area contributed by atoms with Crippen LogP contribution in [0.3, 0.4) is 0 Å². The van der Waals surface area contributed by atoms with E-state index in [0.29, 0.717) is 25.3 Å². The van der Waals surface area contributed by atoms with Crippen LogP contribution in [0.1, 0.15) is 17.5 Å². The number of aryl methyl sites for hydroxylation is 2. The van der Waals surface area contributed by atoms with Crippen LogP contribution < -0.4 is 15.0 Å². The molecule has 0 radical (unpaired) electrons. The largest absolute Gasteiger partial charge is 0.497 e. The van der Waals surface area contributed by atoms with Gasteiger partial charge in [-0.15, -0.1) is 0 Å². The zero-order valence-corrected chi connectivity index (χ0v) is 17.1. The molecule has 0 spiro atoms. The number of benzene rings is 2. The highest BCUT2D eigenvalue weighted by Crippen LogP contribution is 2.29. The van der Waals surface area contributed by atoms with E-state index in [9.17, 15) is 9.59 Å². The fourth-order valence-corrected chi connectivity index (χ4v) is 3.56. The maximum absolute atomic E-state index is 12.5. The fourth-order valence-electron chi connectivity index (χ4n) is 3.56. The molecule has 4 rings (SSSR count). The number of nitrogens with one attached hydrogen (secondary N) is 1. The SMILES string of the molecule is COc1ccc(CNC(=O)CN2C(=O)CCn3nc(-c4ccccc4C)cc32)cc1. The second-order valence-corrected chi connectivity index (χ2v) is 7.28. The van der Waals surface area contributed by atoms with Gasteiger partial charge in [0.1, 0.15) is 18.1 Å². The van der Waals surface area contributed by atoms with Gasteiger partial charge in [0, 0.05) is 24.6 Å². The van der Waals surface area contributed by atoms with Gasteiger partial charge in [0.05, 0.1) is 19.3 Å². The lowest BCUT2D eigenvalue weighted by atomic mass is 10.1. The molecule has 3 aromatic rings. The van der Waals surface area contributed by atoms with Crippen molar-refractivity contribution in [2.75, 3.05) is 18.6 Å². The Labute approximate surface area is 175 Å². The number of hydrogen-bond acceptors (Lipinski definition) is 4. The lowest BCUT2D eigenvalue weighted by Crippen LogP contribution is -2.44. The van der Waals surface area contributed by atoms with Crippen LogP contribution in [0.25, 0.3) is 11.3 Å². The Morgan fingerprint density at radius 3 is 2.67 bits per heavy atom. The second kappa shape index (κ2) is 8.41. The van der Waals surface area contributed by atoms with Crippen LogP contribution in [-0.4, -0.2) is 35.2 Å². The number of carbonyl (C=O) groups excluding carboxylic acids is 2. The number of nitrogens with zero attached hydrogens (tertiary/aromatic N) is 3. The summed E-state index contributed by atoms with van der Waals surface area (Å²) in [5.41, 5.74) is 3.90. The third kappa shape index (κ3) is 4.05. The van der Waals surface area contributed by atoms with E-state index in [0.717, 1.165) is 28.1 Å². The standard InChI is InChI=1S/C23H24N4O3/c1-16-5-3-4-6-19(16)20-13-22-26(23(29)11-12-27(22)25-20)15-21(28)24-14-17-7-9-18(30-2)10-8-17/h3-10,13H,11-12,14-15H2,1-2H3,(H,24,28). The van der Waals surface area contributed by atoms with Crippen molar-refractivity contribution in [3.05, 3.63) is 65.7 Å². The van der Waals surface area contributed by atoms with Crippen LogP contribution >= 0.6 is 0 Å². The van der Waals surface area contributed by atoms with Crippen molar-refractivity contribution >= 4 is 17.6 Å². The quantitative estimate of drug-likeness (QED) is 0.685. The van der Waals surface area contributed by atoms with E-state index >= 15 is 0 Å². The van der Waals surface area contributed by atoms with Crippen molar-refractivity contribution < 1.29 is 14.3 Å². The van der Waals surface area contributed by atoms with Gasteiger partial charge in [-0.05, 0) is 30.2 Å². The lowest BCUT2D eigenvalue weighted by molar-refractivity contribution is -0.124. The highest BCUT2D eigenvalue weighted by atomic mass is 16.5. The number of hydrogen-bond donors (Lipinski definition) is 1. The Kier molecular flexibility index (Phi) is 5.52. The normalized spacial score (nSPS) is 13.1. The van der Waals surface area contributed by atoms with Crippen LogP contribution in [0.5, 0.6) is 5.75 Å². The molecule has 1 aromatic heterocycles. The topological polar surface area (TPSA) is 76.5 Å². The minimum absolute atomic E-state index is 0.0338. The summed E-state index contributed by atoms with van der Waals surface area (Å²) in [7, 11) is 1.61. The van der Waals surface area contributed by atoms with Gasteiger partial charge in [-0.1, -0.05) is 36.4 Å². The smallest absolute Gasteiger partial charge is 0.240 e. The Balaban J connectivity index is 1.47. The van der Waals surface area contributed by atoms with Crippen LogP contribution in [-0.2, 0) is 22.7 Å². The van der Waals surface area contributed by atoms with Gasteiger partial charge >= 0.3 is 0 Å². The van der Waals surface area contributed by atoms with E-state index in [4.69, 9.17) is 4.74 Å². The molecule has 0 saturated carbocycles. The number of fused-ring (bicyclic) bond motifs is 1. The number of anilines is 1. The van der Waals surface area contributed by atoms with Gasteiger partial charge in [-0.25, -0.2) is 4.68 Å². The molecule has 7 heteroatoms. The van der Waals surface area contributed by atoms with Crippen molar-refractivity contribution in [1.82, 2.24) is 15.1 Å². The third-order valence-corrected chi connectivity index (χ3v) is 5.25. The van der Waals surface area contributed by atoms with Crippen LogP contribution in [0.15, 0.2) is 54.6 Å². The molecular formula is C23H24N4O3. The van der Waals surface area contributed by atoms with Gasteiger partial charge in [-0.2, -0.15) is 5.10 Å². The number of amides is 2. The van der Waals surface area contributed by atoms with Crippen LogP contribution in [0.4, 0.5) is 5.82 Å². The average Bonchev–Trinajstić information content (AvgIpc) is 3.19. The Bertz CT molecular complexity index is 1070. The molecule has 2 aromatic carbocycles. The molecule has 1 aliphatic rings. The van der Waals surface area contributed by atoms with Crippen LogP contribution in [0.2, 0.25) is 0 Å². The molecule has 0 aliphatic carbocycles. The first-order valence-corrected chi connectivity index (χ1v) is 9.89. The van der Waals surface area contributed by atoms with Gasteiger partial charge in [0.25, 0.3) is 0 Å². The van der Waals surface area contributed by atoms with Crippen molar-refractivity contribution in [3.8, 4) is 17.0 Å². The summed E-state index contributed by atoms with van der Waals surface area (Å²) < 4.78 is 6.95. The maximum Gasteiger partial charge on any atom is 0.240 e. The van der Waals surface area contributed by atoms with E-state index in [1.807, 2.05) is 61.5 Å². The Hall–Kier alpha value is -3.61. The molecule has 0 atom stereocenters. The zero-order chi connectivity index (χ0) is 21.1. The maximum atomic E-state index is 12.5. The Morgan fingerprint density at radius 2 is 1.93 bits per heavy atom. The van der Waals surface area contributed by atoms with E-state index in [1.165, 1.54) is 4.90 Å². The molecule has 1 N–H and O–H groups in total. The van der Waals surface area contributed by atoms with Crippen molar-refractivity contribution in [1.29, 1.82) is 0 Å². The molecule has 0 saturated heterocycles. The molecule has 30 heavy (non-hydrogen) atoms. The highest BCUT2D eigenvalue weighted by molar-refractivity contribution is 5.99. The predicted molar refractivity (Wildman–Crippen MR) is 114 cm³/mol. The summed E-state index contributed by atoms with van der Waals surface area (Å²) >= 11 is 0. The number of aromatic nitrogens is 2. The van der Waals surface area contributed by atoms with E-state index in [2.05, 4.69) is 10.4 Å². The first kappa shape index (κ1) is 19.7. The molecule has 0 bridgehead atoms. The molecule has 2 heterocycles. The first-order valence-electron chi connectivity index (χ1n) is 9.89. The zero-order valence-electron chi connectivity index (χ0n) is 17.1. The summed E-state index contributed by atoms with van der Waals surface area (Å²) in [4.78, 5) is 26.6. The molecule has 0 fully saturated rings. The number of ether oxygens (including phenoxy) is 1. The number of carbonyl (C=O) groups is 2. The average molecular weight is 404 g/mol. The van der Waals surface area contributed by atoms with E-state index < -0.39 is 0 Å². The summed E-state index contributed by atoms with van der Waals surface area (Å²) in [5.74, 6) is 1.13. The predicted octanol–water partition coefficient (Wildman–Crippen LogP) is 2.92. The fraction of sp³-hybridized carbons (Fsp3) is 0.261. The van der Waals surface area contributed by atoms with E-state index in [-0.39, 0.29) is 18.4 Å². The lowest BCUT2D eigenvalue weighted by Gasteiger charge is -2.26. The molecule has 2 amide bonds. The van der Waals surface area contributed by atoms with Crippen molar-refractivity contribution in [2.45, 2.75) is 26.4 Å². The minimum Gasteiger partial charge on any atom is -0.497 e. The second-order valence-electron chi connectivity index (χ2n) is 7.28. The van der Waals surface area contributed by atoms with Gasteiger partial charge in [-0.3, -0.25) is 14.5 Å². The third-order valence-electron chi connectivity index (χ3n) is 5.25. The Morgan fingerprint density at radius 1 is 1.17 bits per heavy atom. The molecule has 154 valence electrons. The monoisotopic (exact) mass is 404 g/mol. The summed E-state index contributed by atoms with van der Waals surface area (Å²) in [5, 5.41) is 7.54. The number of methoxy groups -OCH3 is 1. The van der Waals surface area contributed by atoms with E-state index in [1.54, 1.807) is 11.8 Å². The van der Waals surface area contributed by atoms with Crippen molar-refractivity contribution in [2.24, 2.45) is 0 Å². The summed E-state index contributed by atoms with van der Waals surface area (Å²) in [6.07, 6.45) is 0.327. The van der Waals surface area contributed by atoms with Crippen molar-refractivity contribution in [3.63, 3.8) is 0 Å². The summed E-state index contributed by atoms with van der Waals surface area (Å²) in [6, 6.07) is 17.4. The molecular weight excluding hydrogens is 380 g/mol. The molecule has 0 unspecified atom stereocenters. The first-order chi connectivity index (χ1) is 14.5. The van der Waals surface area contributed by atoms with Gasteiger partial charge in [0.2, 0.25) is 11.8 Å². The van der Waals surface area contributed by atoms with Crippen LogP contribution in [0, 0.1) is 6.92 Å². The molecule has 1 aliphatic heterocycles. The number of rotatable bonds is 6. The highest BCUT2D eigenvalue weighted by Gasteiger charge is 2.28.